The molecule has 1 heterocycles. The first-order valence-corrected chi connectivity index (χ1v) is 6.74. The molecule has 0 spiro atoms. The van der Waals surface area contributed by atoms with Gasteiger partial charge in [-0.1, -0.05) is 6.07 Å². The maximum absolute atomic E-state index is 10.7. The van der Waals surface area contributed by atoms with Crippen molar-refractivity contribution in [3.8, 4) is 0 Å². The predicted octanol–water partition coefficient (Wildman–Crippen LogP) is 2.20. The number of nitrogens with zero attached hydrogens (tertiary/aromatic N) is 2. The summed E-state index contributed by atoms with van der Waals surface area (Å²) in [5, 5.41) is 10.7. The van der Waals surface area contributed by atoms with Gasteiger partial charge in [0.05, 0.1) is 6.10 Å². The SMILES string of the molecule is CN(C)C(C)(C)C(O)C1CCCc2cccnc21. The lowest BCUT2D eigenvalue weighted by Gasteiger charge is -2.42. The number of pyridine rings is 1. The second-order valence-electron chi connectivity index (χ2n) is 6.04. The molecule has 1 aromatic rings. The lowest BCUT2D eigenvalue weighted by Crippen LogP contribution is -2.51. The van der Waals surface area contributed by atoms with Crippen LogP contribution in [-0.4, -0.2) is 40.7 Å². The van der Waals surface area contributed by atoms with E-state index in [0.29, 0.717) is 0 Å². The quantitative estimate of drug-likeness (QED) is 0.891. The van der Waals surface area contributed by atoms with Gasteiger partial charge < -0.3 is 10.0 Å². The first kappa shape index (κ1) is 13.5. The van der Waals surface area contributed by atoms with E-state index in [1.54, 1.807) is 0 Å². The second kappa shape index (κ2) is 4.98. The number of aliphatic hydroxyl groups is 1. The Kier molecular flexibility index (Phi) is 3.74. The molecule has 18 heavy (non-hydrogen) atoms. The van der Waals surface area contributed by atoms with Gasteiger partial charge in [0.15, 0.2) is 0 Å². The summed E-state index contributed by atoms with van der Waals surface area (Å²) in [6, 6.07) is 4.13. The van der Waals surface area contributed by atoms with E-state index < -0.39 is 0 Å². The van der Waals surface area contributed by atoms with E-state index in [4.69, 9.17) is 0 Å². The third kappa shape index (κ3) is 2.29. The molecule has 1 N–H and O–H groups in total. The number of fused-ring (bicyclic) bond motifs is 1. The highest BCUT2D eigenvalue weighted by Crippen LogP contribution is 2.37. The number of hydrogen-bond acceptors (Lipinski definition) is 3. The van der Waals surface area contributed by atoms with Gasteiger partial charge in [-0.05, 0) is 58.8 Å². The summed E-state index contributed by atoms with van der Waals surface area (Å²) in [6.07, 6.45) is 4.72. The molecule has 3 heteroatoms. The molecule has 0 saturated carbocycles. The molecule has 2 rings (SSSR count). The van der Waals surface area contributed by atoms with Crippen LogP contribution < -0.4 is 0 Å². The molecular weight excluding hydrogens is 224 g/mol. The first-order valence-electron chi connectivity index (χ1n) is 6.74. The summed E-state index contributed by atoms with van der Waals surface area (Å²) in [5.41, 5.74) is 2.17. The van der Waals surface area contributed by atoms with E-state index in [2.05, 4.69) is 29.8 Å². The Morgan fingerprint density at radius 1 is 1.44 bits per heavy atom. The third-order valence-corrected chi connectivity index (χ3v) is 4.50. The number of likely N-dealkylation sites (N-methyl/N-ethyl adjacent to an activating group) is 1. The van der Waals surface area contributed by atoms with Crippen molar-refractivity contribution in [3.63, 3.8) is 0 Å². The topological polar surface area (TPSA) is 36.4 Å². The minimum Gasteiger partial charge on any atom is -0.391 e. The van der Waals surface area contributed by atoms with Crippen LogP contribution in [0.1, 0.15) is 43.9 Å². The van der Waals surface area contributed by atoms with Crippen LogP contribution in [0, 0.1) is 0 Å². The molecular formula is C15H24N2O. The van der Waals surface area contributed by atoms with Crippen molar-refractivity contribution in [2.75, 3.05) is 14.1 Å². The van der Waals surface area contributed by atoms with Crippen LogP contribution in [0.2, 0.25) is 0 Å². The largest absolute Gasteiger partial charge is 0.391 e. The highest BCUT2D eigenvalue weighted by atomic mass is 16.3. The normalized spacial score (nSPS) is 21.8. The van der Waals surface area contributed by atoms with Gasteiger partial charge in [0, 0.05) is 23.3 Å². The molecule has 0 radical (unpaired) electrons. The van der Waals surface area contributed by atoms with Crippen molar-refractivity contribution < 1.29 is 5.11 Å². The number of hydrogen-bond donors (Lipinski definition) is 1. The number of aryl methyl sites for hydroxylation is 1. The standard InChI is InChI=1S/C15H24N2O/c1-15(2,17(3)4)14(18)12-9-5-7-11-8-6-10-16-13(11)12/h6,8,10,12,14,18H,5,7,9H2,1-4H3. The summed E-state index contributed by atoms with van der Waals surface area (Å²) in [4.78, 5) is 6.61. The van der Waals surface area contributed by atoms with Crippen LogP contribution >= 0.6 is 0 Å². The lowest BCUT2D eigenvalue weighted by molar-refractivity contribution is -0.00486. The Labute approximate surface area is 110 Å². The maximum Gasteiger partial charge on any atom is 0.0801 e. The number of aromatic nitrogens is 1. The average Bonchev–Trinajstić information content (AvgIpc) is 2.37. The van der Waals surface area contributed by atoms with Crippen molar-refractivity contribution >= 4 is 0 Å². The van der Waals surface area contributed by atoms with E-state index in [-0.39, 0.29) is 17.6 Å². The van der Waals surface area contributed by atoms with Crippen LogP contribution in [0.25, 0.3) is 0 Å². The minimum atomic E-state index is -0.388. The second-order valence-corrected chi connectivity index (χ2v) is 6.04. The molecule has 0 aliphatic heterocycles. The van der Waals surface area contributed by atoms with Gasteiger partial charge in [0.25, 0.3) is 0 Å². The highest BCUT2D eigenvalue weighted by Gasteiger charge is 2.38. The zero-order valence-electron chi connectivity index (χ0n) is 11.8. The van der Waals surface area contributed by atoms with Crippen LogP contribution in [0.4, 0.5) is 0 Å². The lowest BCUT2D eigenvalue weighted by atomic mass is 9.76. The average molecular weight is 248 g/mol. The van der Waals surface area contributed by atoms with Gasteiger partial charge in [-0.25, -0.2) is 0 Å². The Hall–Kier alpha value is -0.930. The molecule has 1 aliphatic carbocycles. The molecule has 1 aliphatic rings. The molecule has 0 amide bonds. The summed E-state index contributed by atoms with van der Waals surface area (Å²) in [5.74, 6) is 0.160. The Bertz CT molecular complexity index is 415. The Morgan fingerprint density at radius 3 is 2.83 bits per heavy atom. The smallest absolute Gasteiger partial charge is 0.0801 e. The fourth-order valence-electron chi connectivity index (χ4n) is 2.71. The van der Waals surface area contributed by atoms with Crippen LogP contribution in [0.3, 0.4) is 0 Å². The molecule has 0 aromatic carbocycles. The fourth-order valence-corrected chi connectivity index (χ4v) is 2.71. The van der Waals surface area contributed by atoms with Gasteiger partial charge in [-0.3, -0.25) is 4.98 Å². The Morgan fingerprint density at radius 2 is 2.17 bits per heavy atom. The van der Waals surface area contributed by atoms with Gasteiger partial charge in [0.2, 0.25) is 0 Å². The molecule has 0 bridgehead atoms. The van der Waals surface area contributed by atoms with E-state index in [1.807, 2.05) is 26.4 Å². The molecule has 0 fully saturated rings. The summed E-state index contributed by atoms with van der Waals surface area (Å²) >= 11 is 0. The molecule has 0 saturated heterocycles. The molecule has 3 nitrogen and oxygen atoms in total. The van der Waals surface area contributed by atoms with Gasteiger partial charge in [0.1, 0.15) is 0 Å². The zero-order chi connectivity index (χ0) is 13.3. The Balaban J connectivity index is 2.31. The summed E-state index contributed by atoms with van der Waals surface area (Å²) < 4.78 is 0. The predicted molar refractivity (Wildman–Crippen MR) is 73.7 cm³/mol. The monoisotopic (exact) mass is 248 g/mol. The van der Waals surface area contributed by atoms with E-state index in [0.717, 1.165) is 25.0 Å². The number of aliphatic hydroxyl groups excluding tert-OH is 1. The fraction of sp³-hybridized carbons (Fsp3) is 0.667. The number of rotatable bonds is 3. The van der Waals surface area contributed by atoms with Gasteiger partial charge in [-0.2, -0.15) is 0 Å². The van der Waals surface area contributed by atoms with E-state index in [9.17, 15) is 5.11 Å². The van der Waals surface area contributed by atoms with Crippen LogP contribution in [-0.2, 0) is 6.42 Å². The first-order chi connectivity index (χ1) is 8.44. The highest BCUT2D eigenvalue weighted by molar-refractivity contribution is 5.27. The zero-order valence-corrected chi connectivity index (χ0v) is 11.8. The van der Waals surface area contributed by atoms with Gasteiger partial charge >= 0.3 is 0 Å². The van der Waals surface area contributed by atoms with Crippen molar-refractivity contribution in [3.05, 3.63) is 29.6 Å². The summed E-state index contributed by atoms with van der Waals surface area (Å²) in [6.45, 7) is 4.18. The molecule has 1 aromatic heterocycles. The van der Waals surface area contributed by atoms with Crippen LogP contribution in [0.15, 0.2) is 18.3 Å². The van der Waals surface area contributed by atoms with Crippen molar-refractivity contribution in [2.24, 2.45) is 0 Å². The third-order valence-electron chi connectivity index (χ3n) is 4.50. The van der Waals surface area contributed by atoms with E-state index in [1.165, 1.54) is 5.56 Å². The molecule has 2 unspecified atom stereocenters. The van der Waals surface area contributed by atoms with Crippen molar-refractivity contribution in [1.82, 2.24) is 9.88 Å². The van der Waals surface area contributed by atoms with Gasteiger partial charge in [-0.15, -0.1) is 0 Å². The van der Waals surface area contributed by atoms with Crippen molar-refractivity contribution in [1.29, 1.82) is 0 Å². The molecule has 2 atom stereocenters. The van der Waals surface area contributed by atoms with Crippen molar-refractivity contribution in [2.45, 2.75) is 50.7 Å². The maximum atomic E-state index is 10.7. The van der Waals surface area contributed by atoms with E-state index >= 15 is 0 Å². The van der Waals surface area contributed by atoms with Crippen LogP contribution in [0.5, 0.6) is 0 Å². The molecule has 100 valence electrons. The minimum absolute atomic E-state index is 0.160. The summed E-state index contributed by atoms with van der Waals surface area (Å²) in [7, 11) is 4.04.